The Labute approximate surface area is 125 Å². The number of benzene rings is 1. The Morgan fingerprint density at radius 3 is 2.33 bits per heavy atom. The molecule has 0 atom stereocenters. The van der Waals surface area contributed by atoms with Crippen molar-refractivity contribution in [3.63, 3.8) is 0 Å². The molecule has 0 unspecified atom stereocenters. The van der Waals surface area contributed by atoms with Crippen LogP contribution < -0.4 is 9.47 Å². The zero-order valence-corrected chi connectivity index (χ0v) is 12.9. The van der Waals surface area contributed by atoms with Crippen LogP contribution in [0.5, 0.6) is 17.2 Å². The molecule has 0 aromatic heterocycles. The van der Waals surface area contributed by atoms with Gasteiger partial charge in [0.15, 0.2) is 11.5 Å². The van der Waals surface area contributed by atoms with E-state index in [9.17, 15) is 9.90 Å². The summed E-state index contributed by atoms with van der Waals surface area (Å²) in [5.74, 6) is 0.518. The Balaban J connectivity index is 3.29. The summed E-state index contributed by atoms with van der Waals surface area (Å²) in [6, 6.07) is 1.78. The number of ether oxygens (including phenoxy) is 2. The summed E-state index contributed by atoms with van der Waals surface area (Å²) in [5.41, 5.74) is 1.27. The predicted octanol–water partition coefficient (Wildman–Crippen LogP) is 4.14. The molecule has 0 saturated carbocycles. The normalized spacial score (nSPS) is 10.4. The van der Waals surface area contributed by atoms with Crippen LogP contribution in [0.3, 0.4) is 0 Å². The number of aromatic hydroxyl groups is 1. The van der Waals surface area contributed by atoms with Crippen LogP contribution in [0, 0.1) is 0 Å². The van der Waals surface area contributed by atoms with Crippen LogP contribution in [-0.4, -0.2) is 23.5 Å². The van der Waals surface area contributed by atoms with Gasteiger partial charge in [0.25, 0.3) is 0 Å². The van der Waals surface area contributed by atoms with Crippen molar-refractivity contribution in [3.8, 4) is 17.2 Å². The molecule has 118 valence electrons. The summed E-state index contributed by atoms with van der Waals surface area (Å²) >= 11 is 0. The molecule has 21 heavy (non-hydrogen) atoms. The Morgan fingerprint density at radius 2 is 1.81 bits per heavy atom. The zero-order valence-electron chi connectivity index (χ0n) is 12.9. The molecule has 0 bridgehead atoms. The molecular weight excluding hydrogens is 272 g/mol. The zero-order chi connectivity index (χ0) is 15.8. The highest BCUT2D eigenvalue weighted by molar-refractivity contribution is 5.67. The Bertz CT molecular complexity index is 482. The van der Waals surface area contributed by atoms with Crippen molar-refractivity contribution in [2.45, 2.75) is 52.4 Å². The Kier molecular flexibility index (Phi) is 6.85. The second-order valence-corrected chi connectivity index (χ2v) is 4.97. The standard InChI is InChI=1S/C16H24O5/c1-4-6-8-11-10-13(20-3)12(9-7-5-2)14(17)15(11)21-16(18)19/h10,17H,4-9H2,1-3H3,(H,18,19). The maximum Gasteiger partial charge on any atom is 0.511 e. The van der Waals surface area contributed by atoms with Gasteiger partial charge in [-0.2, -0.15) is 0 Å². The molecule has 0 saturated heterocycles. The van der Waals surface area contributed by atoms with Gasteiger partial charge in [0.05, 0.1) is 7.11 Å². The van der Waals surface area contributed by atoms with E-state index in [0.717, 1.165) is 25.7 Å². The molecule has 1 rings (SSSR count). The highest BCUT2D eigenvalue weighted by atomic mass is 16.7. The number of carboxylic acid groups (broad SMARTS) is 1. The summed E-state index contributed by atoms with van der Waals surface area (Å²) < 4.78 is 10.1. The molecule has 0 heterocycles. The summed E-state index contributed by atoms with van der Waals surface area (Å²) in [7, 11) is 1.55. The lowest BCUT2D eigenvalue weighted by Crippen LogP contribution is -2.08. The van der Waals surface area contributed by atoms with Gasteiger partial charge < -0.3 is 19.7 Å². The number of unbranched alkanes of at least 4 members (excludes halogenated alkanes) is 2. The van der Waals surface area contributed by atoms with Crippen molar-refractivity contribution in [3.05, 3.63) is 17.2 Å². The second kappa shape index (κ2) is 8.39. The molecule has 2 N–H and O–H groups in total. The van der Waals surface area contributed by atoms with Crippen molar-refractivity contribution in [2.24, 2.45) is 0 Å². The van der Waals surface area contributed by atoms with E-state index >= 15 is 0 Å². The highest BCUT2D eigenvalue weighted by Crippen LogP contribution is 2.41. The lowest BCUT2D eigenvalue weighted by molar-refractivity contribution is 0.142. The van der Waals surface area contributed by atoms with Crippen molar-refractivity contribution in [1.82, 2.24) is 0 Å². The first-order valence-electron chi connectivity index (χ1n) is 7.37. The smallest absolute Gasteiger partial charge is 0.504 e. The third-order valence-electron chi connectivity index (χ3n) is 3.38. The van der Waals surface area contributed by atoms with E-state index in [1.165, 1.54) is 0 Å². The molecule has 0 fully saturated rings. The Hall–Kier alpha value is -1.91. The van der Waals surface area contributed by atoms with E-state index in [2.05, 4.69) is 0 Å². The topological polar surface area (TPSA) is 76.0 Å². The van der Waals surface area contributed by atoms with Gasteiger partial charge in [-0.15, -0.1) is 0 Å². The molecule has 1 aromatic carbocycles. The fourth-order valence-corrected chi connectivity index (χ4v) is 2.25. The number of hydrogen-bond donors (Lipinski definition) is 2. The first-order chi connectivity index (χ1) is 10.0. The molecule has 0 aliphatic rings. The molecule has 0 aliphatic carbocycles. The molecular formula is C16H24O5. The Morgan fingerprint density at radius 1 is 1.19 bits per heavy atom. The summed E-state index contributed by atoms with van der Waals surface area (Å²) in [4.78, 5) is 10.9. The number of rotatable bonds is 8. The van der Waals surface area contributed by atoms with E-state index in [4.69, 9.17) is 14.6 Å². The largest absolute Gasteiger partial charge is 0.511 e. The molecule has 1 aromatic rings. The number of aryl methyl sites for hydroxylation is 1. The van der Waals surface area contributed by atoms with Crippen molar-refractivity contribution < 1.29 is 24.5 Å². The van der Waals surface area contributed by atoms with Gasteiger partial charge in [0.1, 0.15) is 5.75 Å². The number of hydrogen-bond acceptors (Lipinski definition) is 4. The number of phenolic OH excluding ortho intramolecular Hbond substituents is 1. The number of carbonyl (C=O) groups is 1. The van der Waals surface area contributed by atoms with Gasteiger partial charge in [-0.05, 0) is 31.7 Å². The van der Waals surface area contributed by atoms with Crippen LogP contribution in [0.1, 0.15) is 50.7 Å². The van der Waals surface area contributed by atoms with Gasteiger partial charge in [-0.25, -0.2) is 4.79 Å². The first-order valence-corrected chi connectivity index (χ1v) is 7.37. The minimum atomic E-state index is -1.42. The first kappa shape index (κ1) is 17.1. The number of phenols is 1. The minimum absolute atomic E-state index is 0.0443. The van der Waals surface area contributed by atoms with Crippen LogP contribution in [0.4, 0.5) is 4.79 Å². The molecule has 0 amide bonds. The summed E-state index contributed by atoms with van der Waals surface area (Å²) in [6.07, 6.45) is 3.53. The van der Waals surface area contributed by atoms with Crippen LogP contribution in [0.25, 0.3) is 0 Å². The summed E-state index contributed by atoms with van der Waals surface area (Å²) in [6.45, 7) is 4.10. The predicted molar refractivity (Wildman–Crippen MR) is 80.5 cm³/mol. The number of methoxy groups -OCH3 is 1. The van der Waals surface area contributed by atoms with Gasteiger partial charge in [0.2, 0.25) is 0 Å². The van der Waals surface area contributed by atoms with E-state index in [-0.39, 0.29) is 11.5 Å². The average molecular weight is 296 g/mol. The monoisotopic (exact) mass is 296 g/mol. The van der Waals surface area contributed by atoms with Crippen LogP contribution in [0.2, 0.25) is 0 Å². The van der Waals surface area contributed by atoms with Gasteiger partial charge >= 0.3 is 6.16 Å². The minimum Gasteiger partial charge on any atom is -0.504 e. The molecule has 0 spiro atoms. The van der Waals surface area contributed by atoms with Crippen LogP contribution in [0.15, 0.2) is 6.07 Å². The van der Waals surface area contributed by atoms with Crippen LogP contribution >= 0.6 is 0 Å². The highest BCUT2D eigenvalue weighted by Gasteiger charge is 2.21. The van der Waals surface area contributed by atoms with Gasteiger partial charge in [-0.1, -0.05) is 26.7 Å². The SMILES string of the molecule is CCCCc1cc(OC)c(CCCC)c(O)c1OC(=O)O. The maximum absolute atomic E-state index is 10.9. The van der Waals surface area contributed by atoms with Crippen molar-refractivity contribution in [1.29, 1.82) is 0 Å². The molecule has 0 radical (unpaired) electrons. The lowest BCUT2D eigenvalue weighted by atomic mass is 9.99. The fourth-order valence-electron chi connectivity index (χ4n) is 2.25. The van der Waals surface area contributed by atoms with Crippen molar-refractivity contribution >= 4 is 6.16 Å². The van der Waals surface area contributed by atoms with E-state index in [1.54, 1.807) is 13.2 Å². The van der Waals surface area contributed by atoms with Crippen LogP contribution in [-0.2, 0) is 12.8 Å². The van der Waals surface area contributed by atoms with Gasteiger partial charge in [-0.3, -0.25) is 0 Å². The van der Waals surface area contributed by atoms with E-state index in [0.29, 0.717) is 29.7 Å². The molecule has 0 aliphatic heterocycles. The third-order valence-corrected chi connectivity index (χ3v) is 3.38. The molecule has 5 nitrogen and oxygen atoms in total. The van der Waals surface area contributed by atoms with E-state index in [1.807, 2.05) is 13.8 Å². The lowest BCUT2D eigenvalue weighted by Gasteiger charge is -2.17. The second-order valence-electron chi connectivity index (χ2n) is 4.97. The average Bonchev–Trinajstić information content (AvgIpc) is 2.46. The maximum atomic E-state index is 10.9. The van der Waals surface area contributed by atoms with E-state index < -0.39 is 6.16 Å². The van der Waals surface area contributed by atoms with Gasteiger partial charge in [0, 0.05) is 11.1 Å². The summed E-state index contributed by atoms with van der Waals surface area (Å²) in [5, 5.41) is 19.3. The quantitative estimate of drug-likeness (QED) is 0.557. The third kappa shape index (κ3) is 4.55. The fraction of sp³-hybridized carbons (Fsp3) is 0.562. The van der Waals surface area contributed by atoms with Crippen molar-refractivity contribution in [2.75, 3.05) is 7.11 Å². The molecule has 5 heteroatoms.